The second-order valence-electron chi connectivity index (χ2n) is 5.84. The average Bonchev–Trinajstić information content (AvgIpc) is 3.02. The van der Waals surface area contributed by atoms with Gasteiger partial charge in [0.05, 0.1) is 13.3 Å². The highest BCUT2D eigenvalue weighted by molar-refractivity contribution is 9.10. The van der Waals surface area contributed by atoms with Crippen LogP contribution < -0.4 is 10.2 Å². The van der Waals surface area contributed by atoms with Gasteiger partial charge in [-0.15, -0.1) is 0 Å². The minimum absolute atomic E-state index is 0.131. The van der Waals surface area contributed by atoms with Crippen LogP contribution in [0.2, 0.25) is 0 Å². The van der Waals surface area contributed by atoms with E-state index in [9.17, 15) is 9.90 Å². The van der Waals surface area contributed by atoms with Gasteiger partial charge in [-0.3, -0.25) is 4.79 Å². The van der Waals surface area contributed by atoms with E-state index in [1.807, 2.05) is 6.07 Å². The molecule has 0 fully saturated rings. The summed E-state index contributed by atoms with van der Waals surface area (Å²) >= 11 is 3.39. The van der Waals surface area contributed by atoms with Gasteiger partial charge in [0.25, 0.3) is 0 Å². The number of phenolic OH excluding ortho intramolecular Hbond substituents is 1. The lowest BCUT2D eigenvalue weighted by Crippen LogP contribution is -2.16. The van der Waals surface area contributed by atoms with Crippen LogP contribution in [0.3, 0.4) is 0 Å². The second kappa shape index (κ2) is 7.21. The van der Waals surface area contributed by atoms with E-state index in [-0.39, 0.29) is 11.5 Å². The lowest BCUT2D eigenvalue weighted by atomic mass is 10.1. The van der Waals surface area contributed by atoms with E-state index in [0.717, 1.165) is 26.5 Å². The molecule has 26 heavy (non-hydrogen) atoms. The smallest absolute Gasteiger partial charge is 0.307 e. The number of carbonyl (C=O) groups excluding carboxylic acids is 1. The molecule has 0 aliphatic rings. The maximum Gasteiger partial charge on any atom is 0.307 e. The van der Waals surface area contributed by atoms with Crippen molar-refractivity contribution in [2.45, 2.75) is 13.8 Å². The number of rotatable bonds is 4. The monoisotopic (exact) mass is 416 g/mol. The molecule has 0 spiro atoms. The molecule has 7 heteroatoms. The number of hydrogen-bond acceptors (Lipinski definition) is 5. The van der Waals surface area contributed by atoms with Gasteiger partial charge in [-0.2, -0.15) is 5.10 Å². The minimum atomic E-state index is -0.470. The molecule has 1 heterocycles. The van der Waals surface area contributed by atoms with E-state index in [4.69, 9.17) is 9.15 Å². The van der Waals surface area contributed by atoms with Gasteiger partial charge in [0, 0.05) is 9.86 Å². The largest absolute Gasteiger partial charge is 0.507 e. The van der Waals surface area contributed by atoms with E-state index in [0.29, 0.717) is 11.3 Å². The molecular formula is C19H17BrN2O4. The average molecular weight is 417 g/mol. The number of hydrogen-bond donors (Lipinski definition) is 2. The number of benzene rings is 2. The number of aromatic hydroxyl groups is 1. The molecule has 0 saturated heterocycles. The number of phenols is 1. The summed E-state index contributed by atoms with van der Waals surface area (Å²) in [5, 5.41) is 14.5. The Balaban J connectivity index is 1.79. The summed E-state index contributed by atoms with van der Waals surface area (Å²) in [5.41, 5.74) is 5.19. The quantitative estimate of drug-likeness (QED) is 0.490. The number of ether oxygens (including phenoxy) is 1. The van der Waals surface area contributed by atoms with Crippen LogP contribution in [0.25, 0.3) is 11.0 Å². The van der Waals surface area contributed by atoms with Crippen molar-refractivity contribution < 1.29 is 19.1 Å². The molecule has 134 valence electrons. The fourth-order valence-electron chi connectivity index (χ4n) is 2.63. The zero-order chi connectivity index (χ0) is 18.8. The lowest BCUT2D eigenvalue weighted by molar-refractivity contribution is 0.0929. The van der Waals surface area contributed by atoms with Crippen LogP contribution in [0.5, 0.6) is 11.5 Å². The van der Waals surface area contributed by atoms with Crippen LogP contribution in [0.15, 0.2) is 44.3 Å². The Bertz CT molecular complexity index is 1000. The normalized spacial score (nSPS) is 11.2. The Morgan fingerprint density at radius 3 is 2.58 bits per heavy atom. The zero-order valence-corrected chi connectivity index (χ0v) is 16.0. The predicted octanol–water partition coefficient (Wildman–Crippen LogP) is 4.29. The number of halogens is 1. The molecule has 0 radical (unpaired) electrons. The third kappa shape index (κ3) is 3.57. The van der Waals surface area contributed by atoms with Crippen LogP contribution in [0.4, 0.5) is 0 Å². The van der Waals surface area contributed by atoms with Crippen molar-refractivity contribution in [3.8, 4) is 11.5 Å². The van der Waals surface area contributed by atoms with Crippen LogP contribution >= 0.6 is 15.9 Å². The van der Waals surface area contributed by atoms with Crippen molar-refractivity contribution in [1.29, 1.82) is 0 Å². The summed E-state index contributed by atoms with van der Waals surface area (Å²) in [6, 6.07) is 8.79. The van der Waals surface area contributed by atoms with Gasteiger partial charge in [-0.1, -0.05) is 15.9 Å². The van der Waals surface area contributed by atoms with E-state index in [1.54, 1.807) is 38.1 Å². The van der Waals surface area contributed by atoms with Crippen molar-refractivity contribution in [1.82, 2.24) is 5.43 Å². The van der Waals surface area contributed by atoms with Crippen molar-refractivity contribution in [3.63, 3.8) is 0 Å². The van der Waals surface area contributed by atoms with Gasteiger partial charge in [0.15, 0.2) is 17.1 Å². The van der Waals surface area contributed by atoms with E-state index < -0.39 is 5.91 Å². The van der Waals surface area contributed by atoms with Gasteiger partial charge in [0.1, 0.15) is 5.75 Å². The maximum absolute atomic E-state index is 12.3. The number of nitrogens with one attached hydrogen (secondary N) is 1. The first-order valence-corrected chi connectivity index (χ1v) is 8.59. The van der Waals surface area contributed by atoms with Crippen molar-refractivity contribution in [2.24, 2.45) is 5.10 Å². The number of methoxy groups -OCH3 is 1. The molecule has 6 nitrogen and oxygen atoms in total. The second-order valence-corrected chi connectivity index (χ2v) is 6.76. The topological polar surface area (TPSA) is 84.1 Å². The minimum Gasteiger partial charge on any atom is -0.507 e. The van der Waals surface area contributed by atoms with Gasteiger partial charge in [-0.05, 0) is 60.9 Å². The highest BCUT2D eigenvalue weighted by Crippen LogP contribution is 2.32. The summed E-state index contributed by atoms with van der Waals surface area (Å²) in [6.07, 6.45) is 1.51. The summed E-state index contributed by atoms with van der Waals surface area (Å²) in [4.78, 5) is 12.3. The number of aryl methyl sites for hydroxylation is 2. The first-order valence-electron chi connectivity index (χ1n) is 7.79. The molecule has 3 aromatic rings. The number of nitrogens with zero attached hydrogens (tertiary/aromatic N) is 1. The highest BCUT2D eigenvalue weighted by atomic mass is 79.9. The lowest BCUT2D eigenvalue weighted by Gasteiger charge is -2.04. The highest BCUT2D eigenvalue weighted by Gasteiger charge is 2.15. The number of hydrazone groups is 1. The van der Waals surface area contributed by atoms with Gasteiger partial charge >= 0.3 is 5.91 Å². The number of amides is 1. The van der Waals surface area contributed by atoms with Crippen molar-refractivity contribution >= 4 is 39.0 Å². The summed E-state index contributed by atoms with van der Waals surface area (Å²) in [5.74, 6) is 0.454. The van der Waals surface area contributed by atoms with Crippen LogP contribution in [0.1, 0.15) is 27.2 Å². The molecule has 2 aromatic carbocycles. The third-order valence-corrected chi connectivity index (χ3v) is 4.34. The molecule has 0 atom stereocenters. The Morgan fingerprint density at radius 2 is 1.92 bits per heavy atom. The van der Waals surface area contributed by atoms with Crippen LogP contribution in [-0.4, -0.2) is 24.3 Å². The van der Waals surface area contributed by atoms with E-state index >= 15 is 0 Å². The first-order chi connectivity index (χ1) is 12.4. The zero-order valence-electron chi connectivity index (χ0n) is 14.5. The summed E-state index contributed by atoms with van der Waals surface area (Å²) < 4.78 is 11.7. The molecule has 0 bridgehead atoms. The molecule has 3 rings (SSSR count). The maximum atomic E-state index is 12.3. The molecule has 1 aromatic heterocycles. The molecule has 0 unspecified atom stereocenters. The van der Waals surface area contributed by atoms with Crippen molar-refractivity contribution in [2.75, 3.05) is 7.11 Å². The summed E-state index contributed by atoms with van der Waals surface area (Å²) in [7, 11) is 1.54. The number of carbonyl (C=O) groups is 1. The van der Waals surface area contributed by atoms with Crippen molar-refractivity contribution in [3.05, 3.63) is 57.3 Å². The van der Waals surface area contributed by atoms with Crippen LogP contribution in [0, 0.1) is 13.8 Å². The molecule has 2 N–H and O–H groups in total. The van der Waals surface area contributed by atoms with E-state index in [2.05, 4.69) is 26.5 Å². The molecular weight excluding hydrogens is 400 g/mol. The molecule has 0 aliphatic carbocycles. The Hall–Kier alpha value is -2.80. The number of fused-ring (bicyclic) bond motifs is 1. The molecule has 0 saturated carbocycles. The van der Waals surface area contributed by atoms with Gasteiger partial charge < -0.3 is 14.3 Å². The SMILES string of the molecule is COc1cc(Br)cc2cc(C(=O)N/N=C/c3cc(C)c(O)c(C)c3)oc12. The molecule has 1 amide bonds. The third-order valence-electron chi connectivity index (χ3n) is 3.88. The first kappa shape index (κ1) is 18.0. The van der Waals surface area contributed by atoms with Gasteiger partial charge in [0.2, 0.25) is 0 Å². The summed E-state index contributed by atoms with van der Waals surface area (Å²) in [6.45, 7) is 3.61. The van der Waals surface area contributed by atoms with E-state index in [1.165, 1.54) is 13.3 Å². The Labute approximate surface area is 158 Å². The standard InChI is InChI=1S/C19H17BrN2O4/c1-10-4-12(5-11(2)17(10)23)9-21-22-19(24)16-7-13-6-14(20)8-15(25-3)18(13)26-16/h4-9,23H,1-3H3,(H,22,24)/b21-9+. The fourth-order valence-corrected chi connectivity index (χ4v) is 3.09. The molecule has 0 aliphatic heterocycles. The Morgan fingerprint density at radius 1 is 1.23 bits per heavy atom. The predicted molar refractivity (Wildman–Crippen MR) is 103 cm³/mol. The van der Waals surface area contributed by atoms with Crippen LogP contribution in [-0.2, 0) is 0 Å². The number of furan rings is 1. The Kier molecular flexibility index (Phi) is 4.99. The van der Waals surface area contributed by atoms with Gasteiger partial charge in [-0.25, -0.2) is 5.43 Å². The fraction of sp³-hybridized carbons (Fsp3) is 0.158.